The Morgan fingerprint density at radius 3 is 3.00 bits per heavy atom. The summed E-state index contributed by atoms with van der Waals surface area (Å²) in [5.41, 5.74) is 10.7. The molecule has 0 fully saturated rings. The van der Waals surface area contributed by atoms with Gasteiger partial charge in [0, 0.05) is 11.1 Å². The lowest BCUT2D eigenvalue weighted by atomic mass is 10.1. The second kappa shape index (κ2) is 8.01. The lowest BCUT2D eigenvalue weighted by Gasteiger charge is -2.07. The Balaban J connectivity index is 0.00000182. The summed E-state index contributed by atoms with van der Waals surface area (Å²) >= 11 is 1.54. The maximum Gasteiger partial charge on any atom is 0.193 e. The third kappa shape index (κ3) is 4.21. The number of furan rings is 1. The fourth-order valence-corrected chi connectivity index (χ4v) is 3.67. The predicted octanol–water partition coefficient (Wildman–Crippen LogP) is 4.44. The van der Waals surface area contributed by atoms with E-state index in [9.17, 15) is 0 Å². The van der Waals surface area contributed by atoms with Crippen molar-refractivity contribution in [3.63, 3.8) is 0 Å². The van der Waals surface area contributed by atoms with Crippen molar-refractivity contribution in [1.29, 1.82) is 0 Å². The number of benzene rings is 1. The minimum absolute atomic E-state index is 0. The fraction of sp³-hybridized carbons (Fsp3) is 0.222. The molecule has 0 atom stereocenters. The first-order chi connectivity index (χ1) is 11.8. The average molecular weight is 466 g/mol. The third-order valence-corrected chi connectivity index (χ3v) is 4.97. The van der Waals surface area contributed by atoms with Crippen molar-refractivity contribution in [3.05, 3.63) is 58.8 Å². The smallest absolute Gasteiger partial charge is 0.193 e. The minimum atomic E-state index is 0. The Morgan fingerprint density at radius 1 is 1.28 bits per heavy atom. The molecule has 2 heterocycles. The minimum Gasteiger partial charge on any atom is -0.462 e. The third-order valence-electron chi connectivity index (χ3n) is 4.07. The van der Waals surface area contributed by atoms with E-state index in [4.69, 9.17) is 10.2 Å². The van der Waals surface area contributed by atoms with Crippen LogP contribution >= 0.6 is 35.3 Å². The van der Waals surface area contributed by atoms with Gasteiger partial charge in [-0.15, -0.1) is 35.3 Å². The molecule has 0 unspecified atom stereocenters. The summed E-state index contributed by atoms with van der Waals surface area (Å²) in [6.07, 6.45) is 5.22. The number of anilines is 1. The summed E-state index contributed by atoms with van der Waals surface area (Å²) in [7, 11) is 0. The Labute approximate surface area is 167 Å². The molecule has 0 spiro atoms. The lowest BCUT2D eigenvalue weighted by Crippen LogP contribution is -2.22. The monoisotopic (exact) mass is 466 g/mol. The maximum atomic E-state index is 6.00. The molecule has 0 aliphatic heterocycles. The van der Waals surface area contributed by atoms with E-state index in [0.717, 1.165) is 28.6 Å². The molecule has 0 saturated heterocycles. The van der Waals surface area contributed by atoms with Crippen LogP contribution in [0.5, 0.6) is 0 Å². The van der Waals surface area contributed by atoms with Gasteiger partial charge in [0.2, 0.25) is 0 Å². The fourth-order valence-electron chi connectivity index (χ4n) is 2.90. The van der Waals surface area contributed by atoms with Crippen LogP contribution in [0.25, 0.3) is 10.8 Å². The molecule has 130 valence electrons. The van der Waals surface area contributed by atoms with Crippen molar-refractivity contribution < 1.29 is 4.42 Å². The molecule has 0 bridgehead atoms. The van der Waals surface area contributed by atoms with Gasteiger partial charge in [0.1, 0.15) is 0 Å². The van der Waals surface area contributed by atoms with E-state index in [1.54, 1.807) is 17.6 Å². The van der Waals surface area contributed by atoms with Crippen LogP contribution in [0, 0.1) is 0 Å². The number of thiazole rings is 1. The zero-order valence-corrected chi connectivity index (χ0v) is 16.7. The molecule has 1 aliphatic rings. The lowest BCUT2D eigenvalue weighted by molar-refractivity contribution is 0.581. The van der Waals surface area contributed by atoms with Crippen molar-refractivity contribution in [3.8, 4) is 10.8 Å². The summed E-state index contributed by atoms with van der Waals surface area (Å²) in [5.74, 6) is 1.18. The molecular formula is C18H19IN4OS. The molecule has 5 nitrogen and oxygen atoms in total. The first-order valence-corrected chi connectivity index (χ1v) is 8.83. The second-order valence-electron chi connectivity index (χ2n) is 5.78. The predicted molar refractivity (Wildman–Crippen MR) is 113 cm³/mol. The van der Waals surface area contributed by atoms with Gasteiger partial charge < -0.3 is 15.5 Å². The number of nitrogens with two attached hydrogens (primary N) is 1. The maximum absolute atomic E-state index is 6.00. The number of aromatic nitrogens is 1. The number of fused-ring (bicyclic) bond motifs is 1. The Hall–Kier alpha value is -1.87. The van der Waals surface area contributed by atoms with Crippen LogP contribution in [0.1, 0.15) is 23.2 Å². The highest BCUT2D eigenvalue weighted by Gasteiger charge is 2.11. The Bertz CT molecular complexity index is 873. The summed E-state index contributed by atoms with van der Waals surface area (Å²) in [4.78, 5) is 8.89. The zero-order valence-electron chi connectivity index (χ0n) is 13.6. The van der Waals surface area contributed by atoms with E-state index in [1.807, 2.05) is 17.5 Å². The van der Waals surface area contributed by atoms with Crippen molar-refractivity contribution in [2.45, 2.75) is 25.8 Å². The SMILES string of the molecule is I.NC(=NCc1csc(-c2ccco2)n1)Nc1ccc2c(c1)CCC2. The highest BCUT2D eigenvalue weighted by molar-refractivity contribution is 14.0. The average Bonchev–Trinajstić information content (AvgIpc) is 3.32. The van der Waals surface area contributed by atoms with Crippen LogP contribution in [0.2, 0.25) is 0 Å². The van der Waals surface area contributed by atoms with E-state index in [-0.39, 0.29) is 24.0 Å². The molecule has 3 N–H and O–H groups in total. The number of aliphatic imine (C=N–C) groups is 1. The first kappa shape index (κ1) is 17.9. The van der Waals surface area contributed by atoms with Gasteiger partial charge in [-0.25, -0.2) is 9.98 Å². The van der Waals surface area contributed by atoms with Gasteiger partial charge in [0.25, 0.3) is 0 Å². The molecule has 2 aromatic heterocycles. The van der Waals surface area contributed by atoms with Gasteiger partial charge in [0.05, 0.1) is 18.5 Å². The highest BCUT2D eigenvalue weighted by Crippen LogP contribution is 2.25. The highest BCUT2D eigenvalue weighted by atomic mass is 127. The van der Waals surface area contributed by atoms with Crippen LogP contribution in [0.3, 0.4) is 0 Å². The molecule has 4 rings (SSSR count). The van der Waals surface area contributed by atoms with Crippen LogP contribution in [-0.4, -0.2) is 10.9 Å². The Morgan fingerprint density at radius 2 is 2.16 bits per heavy atom. The molecule has 1 aromatic carbocycles. The topological polar surface area (TPSA) is 76.4 Å². The van der Waals surface area contributed by atoms with Gasteiger partial charge >= 0.3 is 0 Å². The largest absolute Gasteiger partial charge is 0.462 e. The van der Waals surface area contributed by atoms with Gasteiger partial charge in [0.15, 0.2) is 16.7 Å². The molecule has 7 heteroatoms. The Kier molecular flexibility index (Phi) is 5.74. The van der Waals surface area contributed by atoms with E-state index in [2.05, 4.69) is 33.5 Å². The van der Waals surface area contributed by atoms with Gasteiger partial charge in [-0.05, 0) is 54.7 Å². The number of rotatable bonds is 4. The molecule has 0 saturated carbocycles. The normalized spacial score (nSPS) is 13.4. The molecule has 0 radical (unpaired) electrons. The van der Waals surface area contributed by atoms with Gasteiger partial charge in [-0.3, -0.25) is 0 Å². The van der Waals surface area contributed by atoms with Crippen molar-refractivity contribution in [2.75, 3.05) is 5.32 Å². The quantitative estimate of drug-likeness (QED) is 0.339. The summed E-state index contributed by atoms with van der Waals surface area (Å²) in [6.45, 7) is 0.445. The van der Waals surface area contributed by atoms with Crippen LogP contribution in [0.4, 0.5) is 5.69 Å². The van der Waals surface area contributed by atoms with Crippen molar-refractivity contribution in [2.24, 2.45) is 10.7 Å². The molecule has 25 heavy (non-hydrogen) atoms. The zero-order chi connectivity index (χ0) is 16.4. The molecule has 0 amide bonds. The number of hydrogen-bond donors (Lipinski definition) is 2. The van der Waals surface area contributed by atoms with Crippen LogP contribution in [-0.2, 0) is 19.4 Å². The van der Waals surface area contributed by atoms with Crippen LogP contribution in [0.15, 0.2) is 51.4 Å². The van der Waals surface area contributed by atoms with Crippen molar-refractivity contribution >= 4 is 47.0 Å². The number of aryl methyl sites for hydroxylation is 2. The van der Waals surface area contributed by atoms with Gasteiger partial charge in [-0.1, -0.05) is 6.07 Å². The number of nitrogens with zero attached hydrogens (tertiary/aromatic N) is 2. The number of nitrogens with one attached hydrogen (secondary N) is 1. The van der Waals surface area contributed by atoms with E-state index in [1.165, 1.54) is 24.0 Å². The number of guanidine groups is 1. The summed E-state index contributed by atoms with van der Waals surface area (Å²) < 4.78 is 5.35. The van der Waals surface area contributed by atoms with Crippen molar-refractivity contribution in [1.82, 2.24) is 4.98 Å². The van der Waals surface area contributed by atoms with E-state index >= 15 is 0 Å². The standard InChI is InChI=1S/C18H18N4OS.HI/c19-18(22-14-7-6-12-3-1-4-13(12)9-14)20-10-15-11-24-17(21-15)16-5-2-8-23-16;/h2,5-9,11H,1,3-4,10H2,(H3,19,20,22);1H. The second-order valence-corrected chi connectivity index (χ2v) is 6.64. The molecule has 1 aliphatic carbocycles. The molecular weight excluding hydrogens is 447 g/mol. The number of hydrogen-bond acceptors (Lipinski definition) is 4. The van der Waals surface area contributed by atoms with E-state index < -0.39 is 0 Å². The number of halogens is 1. The summed E-state index contributed by atoms with van der Waals surface area (Å²) in [5, 5.41) is 5.99. The van der Waals surface area contributed by atoms with Gasteiger partial charge in [-0.2, -0.15) is 0 Å². The first-order valence-electron chi connectivity index (χ1n) is 7.95. The van der Waals surface area contributed by atoms with Crippen LogP contribution < -0.4 is 11.1 Å². The summed E-state index contributed by atoms with van der Waals surface area (Å²) in [6, 6.07) is 10.2. The molecule has 3 aromatic rings. The van der Waals surface area contributed by atoms with E-state index in [0.29, 0.717) is 12.5 Å².